The van der Waals surface area contributed by atoms with Crippen LogP contribution < -0.4 is 5.32 Å². The zero-order valence-electron chi connectivity index (χ0n) is 10.4. The molecule has 0 aromatic carbocycles. The molecule has 2 aromatic rings. The summed E-state index contributed by atoms with van der Waals surface area (Å²) in [5.41, 5.74) is 0. The molecule has 0 aliphatic carbocycles. The van der Waals surface area contributed by atoms with Gasteiger partial charge < -0.3 is 5.32 Å². The second-order valence-electron chi connectivity index (χ2n) is 4.17. The molecular weight excluding hydrogens is 474 g/mol. The van der Waals surface area contributed by atoms with E-state index in [1.807, 2.05) is 11.3 Å². The Balaban J connectivity index is 2.18. The van der Waals surface area contributed by atoms with Crippen molar-refractivity contribution >= 4 is 70.5 Å². The van der Waals surface area contributed by atoms with Gasteiger partial charge in [0.1, 0.15) is 0 Å². The molecular formula is C13H14Br3NS2. The molecule has 0 amide bonds. The summed E-state index contributed by atoms with van der Waals surface area (Å²) in [6.07, 6.45) is 2.17. The smallest absolute Gasteiger partial charge is 0.0843 e. The number of halogens is 3. The zero-order chi connectivity index (χ0) is 13.8. The van der Waals surface area contributed by atoms with Crippen molar-refractivity contribution in [1.82, 2.24) is 5.32 Å². The van der Waals surface area contributed by atoms with Crippen molar-refractivity contribution in [3.05, 3.63) is 40.0 Å². The van der Waals surface area contributed by atoms with Crippen molar-refractivity contribution in [2.45, 2.75) is 25.8 Å². The largest absolute Gasteiger partial charge is 0.309 e. The molecule has 19 heavy (non-hydrogen) atoms. The Kier molecular flexibility index (Phi) is 6.56. The fourth-order valence-electron chi connectivity index (χ4n) is 1.78. The maximum Gasteiger partial charge on any atom is 0.0843 e. The van der Waals surface area contributed by atoms with Gasteiger partial charge in [0.2, 0.25) is 0 Å². The normalized spacial score (nSPS) is 12.8. The highest BCUT2D eigenvalue weighted by atomic mass is 79.9. The number of hydrogen-bond acceptors (Lipinski definition) is 3. The molecule has 0 aliphatic heterocycles. The van der Waals surface area contributed by atoms with Crippen LogP contribution in [0.5, 0.6) is 0 Å². The molecule has 1 atom stereocenters. The Morgan fingerprint density at radius 2 is 2.05 bits per heavy atom. The van der Waals surface area contributed by atoms with Gasteiger partial charge in [-0.1, -0.05) is 6.92 Å². The Labute approximate surface area is 147 Å². The van der Waals surface area contributed by atoms with E-state index >= 15 is 0 Å². The highest BCUT2D eigenvalue weighted by Gasteiger charge is 2.17. The van der Waals surface area contributed by atoms with E-state index in [9.17, 15) is 0 Å². The van der Waals surface area contributed by atoms with E-state index in [4.69, 9.17) is 0 Å². The first-order valence-corrected chi connectivity index (χ1v) is 10.1. The van der Waals surface area contributed by atoms with Crippen LogP contribution in [0.4, 0.5) is 0 Å². The Hall–Kier alpha value is 0.800. The van der Waals surface area contributed by atoms with Gasteiger partial charge in [-0.15, -0.1) is 22.7 Å². The van der Waals surface area contributed by atoms with Gasteiger partial charge in [0.25, 0.3) is 0 Å². The van der Waals surface area contributed by atoms with Gasteiger partial charge in [-0.25, -0.2) is 0 Å². The topological polar surface area (TPSA) is 12.0 Å². The van der Waals surface area contributed by atoms with Crippen molar-refractivity contribution in [1.29, 1.82) is 0 Å². The van der Waals surface area contributed by atoms with Crippen LogP contribution in [0, 0.1) is 0 Å². The van der Waals surface area contributed by atoms with Crippen LogP contribution in [0.15, 0.2) is 30.2 Å². The monoisotopic (exact) mass is 485 g/mol. The summed E-state index contributed by atoms with van der Waals surface area (Å²) < 4.78 is 3.52. The van der Waals surface area contributed by atoms with Gasteiger partial charge >= 0.3 is 0 Å². The summed E-state index contributed by atoms with van der Waals surface area (Å²) in [6.45, 7) is 3.24. The summed E-state index contributed by atoms with van der Waals surface area (Å²) in [5, 5.41) is 5.78. The molecule has 2 aromatic heterocycles. The standard InChI is InChI=1S/C13H14Br3NS2/c1-2-4-17-10(7-11-8(14)3-5-18-11)12-6-9(15)13(16)19-12/h3,5-6,10,17H,2,4,7H2,1H3. The van der Waals surface area contributed by atoms with Crippen LogP contribution in [0.1, 0.15) is 29.1 Å². The van der Waals surface area contributed by atoms with Crippen LogP contribution in [0.25, 0.3) is 0 Å². The predicted molar refractivity (Wildman–Crippen MR) is 96.5 cm³/mol. The average molecular weight is 488 g/mol. The van der Waals surface area contributed by atoms with Gasteiger partial charge in [0.05, 0.1) is 3.79 Å². The first-order chi connectivity index (χ1) is 9.11. The van der Waals surface area contributed by atoms with E-state index in [0.717, 1.165) is 27.6 Å². The summed E-state index contributed by atoms with van der Waals surface area (Å²) in [5.74, 6) is 0. The van der Waals surface area contributed by atoms with E-state index in [-0.39, 0.29) is 0 Å². The molecule has 1 nitrogen and oxygen atoms in total. The van der Waals surface area contributed by atoms with Crippen molar-refractivity contribution in [2.24, 2.45) is 0 Å². The summed E-state index contributed by atoms with van der Waals surface area (Å²) in [7, 11) is 0. The molecule has 0 radical (unpaired) electrons. The first kappa shape index (κ1) is 16.2. The molecule has 0 aliphatic rings. The van der Waals surface area contributed by atoms with Crippen molar-refractivity contribution in [3.8, 4) is 0 Å². The quantitative estimate of drug-likeness (QED) is 0.498. The summed E-state index contributed by atoms with van der Waals surface area (Å²) in [4.78, 5) is 2.77. The van der Waals surface area contributed by atoms with Crippen LogP contribution in [-0.4, -0.2) is 6.54 Å². The second-order valence-corrected chi connectivity index (χ2v) is 9.28. The maximum absolute atomic E-state index is 3.65. The predicted octanol–water partition coefficient (Wildman–Crippen LogP) is 6.38. The van der Waals surface area contributed by atoms with E-state index in [1.54, 1.807) is 11.3 Å². The first-order valence-electron chi connectivity index (χ1n) is 6.01. The average Bonchev–Trinajstić information content (AvgIpc) is 2.92. The second kappa shape index (κ2) is 7.71. The molecule has 0 spiro atoms. The number of hydrogen-bond donors (Lipinski definition) is 1. The molecule has 2 heterocycles. The lowest BCUT2D eigenvalue weighted by atomic mass is 10.1. The third-order valence-electron chi connectivity index (χ3n) is 2.73. The number of thiophene rings is 2. The van der Waals surface area contributed by atoms with E-state index in [0.29, 0.717) is 6.04 Å². The van der Waals surface area contributed by atoms with E-state index in [2.05, 4.69) is 77.5 Å². The minimum atomic E-state index is 0.377. The Morgan fingerprint density at radius 3 is 2.58 bits per heavy atom. The lowest BCUT2D eigenvalue weighted by molar-refractivity contribution is 0.539. The zero-order valence-corrected chi connectivity index (χ0v) is 16.8. The van der Waals surface area contributed by atoms with E-state index in [1.165, 1.54) is 14.2 Å². The van der Waals surface area contributed by atoms with Crippen LogP contribution in [-0.2, 0) is 6.42 Å². The van der Waals surface area contributed by atoms with Crippen LogP contribution in [0.3, 0.4) is 0 Å². The highest BCUT2D eigenvalue weighted by Crippen LogP contribution is 2.37. The summed E-state index contributed by atoms with van der Waals surface area (Å²) in [6, 6.07) is 4.71. The van der Waals surface area contributed by atoms with Gasteiger partial charge in [-0.05, 0) is 78.3 Å². The molecule has 1 N–H and O–H groups in total. The minimum absolute atomic E-state index is 0.377. The maximum atomic E-state index is 3.65. The molecule has 6 heteroatoms. The molecule has 2 rings (SSSR count). The lowest BCUT2D eigenvalue weighted by Gasteiger charge is -2.16. The number of nitrogens with one attached hydrogen (secondary N) is 1. The third kappa shape index (κ3) is 4.38. The Morgan fingerprint density at radius 1 is 1.26 bits per heavy atom. The van der Waals surface area contributed by atoms with E-state index < -0.39 is 0 Å². The van der Waals surface area contributed by atoms with Crippen molar-refractivity contribution in [2.75, 3.05) is 6.54 Å². The molecule has 1 unspecified atom stereocenters. The molecule has 0 fully saturated rings. The SMILES string of the molecule is CCCNC(Cc1sccc1Br)c1cc(Br)c(Br)s1. The summed E-state index contributed by atoms with van der Waals surface area (Å²) >= 11 is 14.4. The minimum Gasteiger partial charge on any atom is -0.309 e. The lowest BCUT2D eigenvalue weighted by Crippen LogP contribution is -2.23. The molecule has 104 valence electrons. The molecule has 0 saturated heterocycles. The van der Waals surface area contributed by atoms with Gasteiger partial charge in [0.15, 0.2) is 0 Å². The fourth-order valence-corrected chi connectivity index (χ4v) is 5.51. The van der Waals surface area contributed by atoms with Crippen LogP contribution >= 0.6 is 70.5 Å². The van der Waals surface area contributed by atoms with Gasteiger partial charge in [0, 0.05) is 31.2 Å². The third-order valence-corrected chi connectivity index (χ3v) is 8.05. The Bertz CT molecular complexity index is 516. The van der Waals surface area contributed by atoms with Crippen molar-refractivity contribution < 1.29 is 0 Å². The highest BCUT2D eigenvalue weighted by molar-refractivity contribution is 9.13. The molecule has 0 bridgehead atoms. The fraction of sp³-hybridized carbons (Fsp3) is 0.385. The van der Waals surface area contributed by atoms with Crippen molar-refractivity contribution in [3.63, 3.8) is 0 Å². The number of rotatable bonds is 6. The van der Waals surface area contributed by atoms with Gasteiger partial charge in [-0.2, -0.15) is 0 Å². The molecule has 0 saturated carbocycles. The van der Waals surface area contributed by atoms with Crippen LogP contribution in [0.2, 0.25) is 0 Å². The van der Waals surface area contributed by atoms with Gasteiger partial charge in [-0.3, -0.25) is 0 Å².